The first-order valence-electron chi connectivity index (χ1n) is 9.82. The molecule has 1 aromatic heterocycles. The Morgan fingerprint density at radius 2 is 1.77 bits per heavy atom. The van der Waals surface area contributed by atoms with E-state index in [-0.39, 0.29) is 11.3 Å². The number of halogens is 1. The Morgan fingerprint density at radius 1 is 1.10 bits per heavy atom. The van der Waals surface area contributed by atoms with E-state index in [0.29, 0.717) is 40.1 Å². The first-order valence-corrected chi connectivity index (χ1v) is 11.0. The number of methoxy groups -OCH3 is 1. The summed E-state index contributed by atoms with van der Waals surface area (Å²) in [4.78, 5) is 21.9. The standard InChI is InChI=1S/C23H28ClN3O2S/c1-23(2,3)16-9-7-15(8-10-16)21(28)27(14-13-26(4)5)22-25-19-18(29-6)12-11-17(24)20(19)30-22/h7-12H,13-14H2,1-6H3. The Morgan fingerprint density at radius 3 is 2.33 bits per heavy atom. The second-order valence-electron chi connectivity index (χ2n) is 8.51. The van der Waals surface area contributed by atoms with Crippen molar-refractivity contribution in [2.45, 2.75) is 26.2 Å². The Bertz CT molecular complexity index is 1040. The lowest BCUT2D eigenvalue weighted by molar-refractivity contribution is 0.0985. The number of thiazole rings is 1. The third-order valence-corrected chi connectivity index (χ3v) is 6.45. The van der Waals surface area contributed by atoms with Crippen molar-refractivity contribution in [3.63, 3.8) is 0 Å². The van der Waals surface area contributed by atoms with Gasteiger partial charge in [0.2, 0.25) is 0 Å². The molecule has 0 saturated carbocycles. The van der Waals surface area contributed by atoms with Crippen molar-refractivity contribution in [2.75, 3.05) is 39.2 Å². The number of nitrogens with zero attached hydrogens (tertiary/aromatic N) is 3. The number of carbonyl (C=O) groups is 1. The lowest BCUT2D eigenvalue weighted by Crippen LogP contribution is -2.36. The van der Waals surface area contributed by atoms with Crippen molar-refractivity contribution in [3.8, 4) is 5.75 Å². The van der Waals surface area contributed by atoms with Crippen LogP contribution in [0, 0.1) is 0 Å². The summed E-state index contributed by atoms with van der Waals surface area (Å²) in [5.74, 6) is 0.567. The van der Waals surface area contributed by atoms with Gasteiger partial charge >= 0.3 is 0 Å². The summed E-state index contributed by atoms with van der Waals surface area (Å²) in [7, 11) is 5.57. The highest BCUT2D eigenvalue weighted by Gasteiger charge is 2.24. The molecule has 0 radical (unpaired) electrons. The van der Waals surface area contributed by atoms with Crippen molar-refractivity contribution >= 4 is 44.2 Å². The van der Waals surface area contributed by atoms with Crippen LogP contribution in [0.5, 0.6) is 5.75 Å². The van der Waals surface area contributed by atoms with Crippen LogP contribution in [0.25, 0.3) is 10.2 Å². The highest BCUT2D eigenvalue weighted by Crippen LogP contribution is 2.39. The molecule has 1 amide bonds. The van der Waals surface area contributed by atoms with Crippen molar-refractivity contribution in [1.29, 1.82) is 0 Å². The maximum atomic E-state index is 13.4. The van der Waals surface area contributed by atoms with Crippen LogP contribution in [0.2, 0.25) is 5.02 Å². The van der Waals surface area contributed by atoms with Gasteiger partial charge in [-0.05, 0) is 49.3 Å². The molecule has 0 bridgehead atoms. The van der Waals surface area contributed by atoms with Gasteiger partial charge in [0.1, 0.15) is 11.3 Å². The normalized spacial score (nSPS) is 11.9. The third-order valence-electron chi connectivity index (χ3n) is 4.91. The summed E-state index contributed by atoms with van der Waals surface area (Å²) in [5, 5.41) is 1.22. The van der Waals surface area contributed by atoms with Crippen molar-refractivity contribution < 1.29 is 9.53 Å². The molecule has 5 nitrogen and oxygen atoms in total. The van der Waals surface area contributed by atoms with Gasteiger partial charge in [0.25, 0.3) is 5.91 Å². The van der Waals surface area contributed by atoms with Crippen LogP contribution < -0.4 is 9.64 Å². The van der Waals surface area contributed by atoms with E-state index in [1.54, 1.807) is 24.1 Å². The van der Waals surface area contributed by atoms with Gasteiger partial charge in [0.15, 0.2) is 5.13 Å². The molecule has 2 aromatic carbocycles. The lowest BCUT2D eigenvalue weighted by atomic mass is 9.86. The molecule has 0 aliphatic heterocycles. The molecule has 1 heterocycles. The molecule has 3 rings (SSSR count). The van der Waals surface area contributed by atoms with Gasteiger partial charge in [0, 0.05) is 18.7 Å². The van der Waals surface area contributed by atoms with Gasteiger partial charge in [-0.25, -0.2) is 4.98 Å². The zero-order valence-corrected chi connectivity index (χ0v) is 19.9. The van der Waals surface area contributed by atoms with Crippen LogP contribution in [0.15, 0.2) is 36.4 Å². The molecular formula is C23H28ClN3O2S. The average molecular weight is 446 g/mol. The molecule has 0 unspecified atom stereocenters. The summed E-state index contributed by atoms with van der Waals surface area (Å²) in [5.41, 5.74) is 2.54. The fraction of sp³-hybridized carbons (Fsp3) is 0.391. The number of hydrogen-bond acceptors (Lipinski definition) is 5. The monoisotopic (exact) mass is 445 g/mol. The van der Waals surface area contributed by atoms with Gasteiger partial charge in [-0.2, -0.15) is 0 Å². The number of hydrogen-bond donors (Lipinski definition) is 0. The average Bonchev–Trinajstić information content (AvgIpc) is 3.13. The first kappa shape index (κ1) is 22.5. The smallest absolute Gasteiger partial charge is 0.260 e. The molecule has 7 heteroatoms. The largest absolute Gasteiger partial charge is 0.494 e. The van der Waals surface area contributed by atoms with E-state index in [9.17, 15) is 4.79 Å². The molecule has 0 fully saturated rings. The van der Waals surface area contributed by atoms with Gasteiger partial charge < -0.3 is 9.64 Å². The van der Waals surface area contributed by atoms with E-state index in [0.717, 1.165) is 4.70 Å². The maximum Gasteiger partial charge on any atom is 0.260 e. The summed E-state index contributed by atoms with van der Waals surface area (Å²) in [6, 6.07) is 11.4. The van der Waals surface area contributed by atoms with Gasteiger partial charge in [0.05, 0.1) is 16.8 Å². The summed E-state index contributed by atoms with van der Waals surface area (Å²) < 4.78 is 6.25. The highest BCUT2D eigenvalue weighted by molar-refractivity contribution is 7.23. The number of benzene rings is 2. The SMILES string of the molecule is COc1ccc(Cl)c2sc(N(CCN(C)C)C(=O)c3ccc(C(C)(C)C)cc3)nc12. The molecule has 0 N–H and O–H groups in total. The number of likely N-dealkylation sites (N-methyl/N-ethyl adjacent to an activating group) is 1. The number of aromatic nitrogens is 1. The molecule has 0 aliphatic rings. The lowest BCUT2D eigenvalue weighted by Gasteiger charge is -2.23. The second-order valence-corrected chi connectivity index (χ2v) is 9.90. The summed E-state index contributed by atoms with van der Waals surface area (Å²) in [6.45, 7) is 7.71. The van der Waals surface area contributed by atoms with Crippen LogP contribution in [0.3, 0.4) is 0 Å². The molecule has 0 saturated heterocycles. The van der Waals surface area contributed by atoms with Crippen molar-refractivity contribution in [1.82, 2.24) is 9.88 Å². The zero-order valence-electron chi connectivity index (χ0n) is 18.3. The number of fused-ring (bicyclic) bond motifs is 1. The van der Waals surface area contributed by atoms with Crippen LogP contribution >= 0.6 is 22.9 Å². The maximum absolute atomic E-state index is 13.4. The van der Waals surface area contributed by atoms with Crippen molar-refractivity contribution in [2.24, 2.45) is 0 Å². The molecule has 0 aliphatic carbocycles. The molecule has 3 aromatic rings. The predicted molar refractivity (Wildman–Crippen MR) is 127 cm³/mol. The Labute approximate surface area is 187 Å². The van der Waals surface area contributed by atoms with E-state index < -0.39 is 0 Å². The topological polar surface area (TPSA) is 45.7 Å². The van der Waals surface area contributed by atoms with Crippen LogP contribution in [-0.2, 0) is 5.41 Å². The number of carbonyl (C=O) groups excluding carboxylic acids is 1. The molecule has 160 valence electrons. The zero-order chi connectivity index (χ0) is 22.1. The Hall–Kier alpha value is -2.15. The van der Waals surface area contributed by atoms with Gasteiger partial charge in [-0.15, -0.1) is 0 Å². The minimum Gasteiger partial charge on any atom is -0.494 e. The number of anilines is 1. The summed E-state index contributed by atoms with van der Waals surface area (Å²) >= 11 is 7.80. The molecule has 30 heavy (non-hydrogen) atoms. The van der Waals surface area contributed by atoms with Crippen LogP contribution in [0.4, 0.5) is 5.13 Å². The van der Waals surface area contributed by atoms with Gasteiger partial charge in [-0.3, -0.25) is 9.69 Å². The van der Waals surface area contributed by atoms with E-state index in [4.69, 9.17) is 21.3 Å². The molecule has 0 spiro atoms. The predicted octanol–water partition coefficient (Wildman–Crippen LogP) is 5.46. The quantitative estimate of drug-likeness (QED) is 0.505. The summed E-state index contributed by atoms with van der Waals surface area (Å²) in [6.07, 6.45) is 0. The van der Waals surface area contributed by atoms with Crippen LogP contribution in [0.1, 0.15) is 36.7 Å². The number of rotatable bonds is 6. The number of ether oxygens (including phenoxy) is 1. The van der Waals surface area contributed by atoms with E-state index in [1.165, 1.54) is 16.9 Å². The number of amides is 1. The molecular weight excluding hydrogens is 418 g/mol. The fourth-order valence-corrected chi connectivity index (χ4v) is 4.35. The Kier molecular flexibility index (Phi) is 6.70. The first-order chi connectivity index (χ1) is 14.1. The highest BCUT2D eigenvalue weighted by atomic mass is 35.5. The van der Waals surface area contributed by atoms with E-state index in [2.05, 4.69) is 20.8 Å². The van der Waals surface area contributed by atoms with E-state index in [1.807, 2.05) is 43.3 Å². The second kappa shape index (κ2) is 8.92. The van der Waals surface area contributed by atoms with E-state index >= 15 is 0 Å². The Balaban J connectivity index is 2.02. The minimum atomic E-state index is -0.0774. The van der Waals surface area contributed by atoms with Crippen molar-refractivity contribution in [3.05, 3.63) is 52.5 Å². The van der Waals surface area contributed by atoms with Gasteiger partial charge in [-0.1, -0.05) is 55.8 Å². The molecule has 0 atom stereocenters. The fourth-order valence-electron chi connectivity index (χ4n) is 3.07. The minimum absolute atomic E-state index is 0.0342. The van der Waals surface area contributed by atoms with Crippen LogP contribution in [-0.4, -0.2) is 50.1 Å². The third kappa shape index (κ3) is 4.77.